The minimum absolute atomic E-state index is 0. The summed E-state index contributed by atoms with van der Waals surface area (Å²) in [5.74, 6) is 0. The van der Waals surface area contributed by atoms with Gasteiger partial charge in [-0.15, -0.1) is 0 Å². The van der Waals surface area contributed by atoms with Crippen LogP contribution in [-0.4, -0.2) is 35.1 Å². The van der Waals surface area contributed by atoms with Crippen molar-refractivity contribution in [2.24, 2.45) is 5.41 Å². The van der Waals surface area contributed by atoms with Gasteiger partial charge in [-0.05, 0) is 6.92 Å². The molecule has 63 valence electrons. The van der Waals surface area contributed by atoms with Crippen LogP contribution in [0.2, 0.25) is 0 Å². The van der Waals surface area contributed by atoms with E-state index >= 15 is 0 Å². The summed E-state index contributed by atoms with van der Waals surface area (Å²) in [4.78, 5) is 0. The first kappa shape index (κ1) is 12.5. The summed E-state index contributed by atoms with van der Waals surface area (Å²) in [7, 11) is 0. The quantitative estimate of drug-likeness (QED) is 0.510. The van der Waals surface area contributed by atoms with Gasteiger partial charge in [-0.2, -0.15) is 0 Å². The molecule has 0 aliphatic heterocycles. The number of hydrogen-bond donors (Lipinski definition) is 3. The summed E-state index contributed by atoms with van der Waals surface area (Å²) < 4.78 is 0. The maximum atomic E-state index is 8.43. The molecule has 0 atom stereocenters. The van der Waals surface area contributed by atoms with Gasteiger partial charge in [0.05, 0.1) is 13.2 Å². The first-order valence-corrected chi connectivity index (χ1v) is 3.16. The van der Waals surface area contributed by atoms with Crippen LogP contribution >= 0.6 is 0 Å². The molecule has 0 heterocycles. The third-order valence-electron chi connectivity index (χ3n) is 0.856. The molecular formula is C7H17O3. The summed E-state index contributed by atoms with van der Waals surface area (Å²) >= 11 is 0. The van der Waals surface area contributed by atoms with Crippen LogP contribution in [0.5, 0.6) is 0 Å². The molecule has 0 aliphatic carbocycles. The number of aliphatic hydroxyl groups is 3. The van der Waals surface area contributed by atoms with Crippen LogP contribution in [0, 0.1) is 12.3 Å². The second-order valence-corrected chi connectivity index (χ2v) is 2.70. The molecule has 0 aromatic carbocycles. The molecule has 10 heavy (non-hydrogen) atoms. The highest BCUT2D eigenvalue weighted by molar-refractivity contribution is 4.62. The van der Waals surface area contributed by atoms with Crippen molar-refractivity contribution in [1.29, 1.82) is 0 Å². The van der Waals surface area contributed by atoms with Crippen LogP contribution < -0.4 is 0 Å². The zero-order chi connectivity index (χ0) is 8.62. The zero-order valence-corrected chi connectivity index (χ0v) is 6.67. The fraction of sp³-hybridized carbons (Fsp3) is 0.857. The van der Waals surface area contributed by atoms with E-state index in [1.165, 1.54) is 0 Å². The van der Waals surface area contributed by atoms with E-state index in [-0.39, 0.29) is 25.2 Å². The van der Waals surface area contributed by atoms with Gasteiger partial charge in [0, 0.05) is 12.0 Å². The van der Waals surface area contributed by atoms with Gasteiger partial charge in [0.25, 0.3) is 0 Å². The van der Waals surface area contributed by atoms with Crippen molar-refractivity contribution in [1.82, 2.24) is 0 Å². The van der Waals surface area contributed by atoms with E-state index in [2.05, 4.69) is 6.92 Å². The molecule has 0 bridgehead atoms. The third-order valence-corrected chi connectivity index (χ3v) is 0.856. The second kappa shape index (κ2) is 6.99. The lowest BCUT2D eigenvalue weighted by Gasteiger charge is -2.16. The largest absolute Gasteiger partial charge is 0.396 e. The average molecular weight is 149 g/mol. The Kier molecular flexibility index (Phi) is 8.77. The van der Waals surface area contributed by atoms with Gasteiger partial charge >= 0.3 is 0 Å². The Morgan fingerprint density at radius 3 is 1.30 bits per heavy atom. The molecule has 0 aromatic rings. The highest BCUT2D eigenvalue weighted by Gasteiger charge is 2.13. The SMILES string of the molecule is CC(C)(CO)CO.[CH2]CO. The Morgan fingerprint density at radius 2 is 1.30 bits per heavy atom. The molecule has 0 spiro atoms. The van der Waals surface area contributed by atoms with Gasteiger partial charge in [0.2, 0.25) is 0 Å². The number of hydrogen-bond acceptors (Lipinski definition) is 3. The molecular weight excluding hydrogens is 132 g/mol. The average Bonchev–Trinajstić information content (AvgIpc) is 1.90. The molecule has 0 saturated carbocycles. The first-order chi connectivity index (χ1) is 4.54. The van der Waals surface area contributed by atoms with Gasteiger partial charge < -0.3 is 15.3 Å². The van der Waals surface area contributed by atoms with Gasteiger partial charge in [-0.3, -0.25) is 0 Å². The Balaban J connectivity index is 0. The van der Waals surface area contributed by atoms with Gasteiger partial charge in [0.15, 0.2) is 0 Å². The van der Waals surface area contributed by atoms with Crippen LogP contribution in [0.25, 0.3) is 0 Å². The summed E-state index contributed by atoms with van der Waals surface area (Å²) in [6, 6.07) is 0. The van der Waals surface area contributed by atoms with Crippen molar-refractivity contribution in [2.75, 3.05) is 19.8 Å². The molecule has 0 aromatic heterocycles. The normalized spacial score (nSPS) is 10.2. The minimum atomic E-state index is -0.306. The van der Waals surface area contributed by atoms with E-state index in [0.717, 1.165) is 0 Å². The Labute approximate surface area is 62.3 Å². The Bertz CT molecular complexity index is 55.9. The maximum absolute atomic E-state index is 8.43. The maximum Gasteiger partial charge on any atom is 0.0504 e. The van der Waals surface area contributed by atoms with Crippen LogP contribution in [0.4, 0.5) is 0 Å². The van der Waals surface area contributed by atoms with Gasteiger partial charge in [-0.1, -0.05) is 13.8 Å². The van der Waals surface area contributed by atoms with Crippen molar-refractivity contribution in [3.63, 3.8) is 0 Å². The van der Waals surface area contributed by atoms with E-state index in [1.54, 1.807) is 13.8 Å². The first-order valence-electron chi connectivity index (χ1n) is 3.16. The predicted octanol–water partition coefficient (Wildman–Crippen LogP) is -0.190. The lowest BCUT2D eigenvalue weighted by molar-refractivity contribution is 0.0857. The molecule has 0 fully saturated rings. The highest BCUT2D eigenvalue weighted by Crippen LogP contribution is 2.10. The molecule has 0 amide bonds. The minimum Gasteiger partial charge on any atom is -0.396 e. The molecule has 3 N–H and O–H groups in total. The zero-order valence-electron chi connectivity index (χ0n) is 6.67. The van der Waals surface area contributed by atoms with Crippen molar-refractivity contribution in [2.45, 2.75) is 13.8 Å². The van der Waals surface area contributed by atoms with E-state index < -0.39 is 0 Å². The van der Waals surface area contributed by atoms with Crippen LogP contribution in [0.15, 0.2) is 0 Å². The molecule has 3 heteroatoms. The molecule has 1 radical (unpaired) electrons. The second-order valence-electron chi connectivity index (χ2n) is 2.70. The smallest absolute Gasteiger partial charge is 0.0504 e. The lowest BCUT2D eigenvalue weighted by atomic mass is 9.97. The van der Waals surface area contributed by atoms with Crippen LogP contribution in [0.3, 0.4) is 0 Å². The predicted molar refractivity (Wildman–Crippen MR) is 40.4 cm³/mol. The molecule has 0 rings (SSSR count). The fourth-order valence-electron chi connectivity index (χ4n) is 0.0500. The van der Waals surface area contributed by atoms with Gasteiger partial charge in [-0.25, -0.2) is 0 Å². The lowest BCUT2D eigenvalue weighted by Crippen LogP contribution is -2.20. The topological polar surface area (TPSA) is 60.7 Å². The Hall–Kier alpha value is -0.120. The van der Waals surface area contributed by atoms with Gasteiger partial charge in [0.1, 0.15) is 0 Å². The molecule has 0 aliphatic rings. The van der Waals surface area contributed by atoms with Crippen molar-refractivity contribution < 1.29 is 15.3 Å². The van der Waals surface area contributed by atoms with Crippen molar-refractivity contribution in [3.8, 4) is 0 Å². The van der Waals surface area contributed by atoms with E-state index in [0.29, 0.717) is 0 Å². The third kappa shape index (κ3) is 10.8. The van der Waals surface area contributed by atoms with E-state index in [1.807, 2.05) is 0 Å². The van der Waals surface area contributed by atoms with Crippen molar-refractivity contribution >= 4 is 0 Å². The molecule has 0 unspecified atom stereocenters. The molecule has 3 nitrogen and oxygen atoms in total. The van der Waals surface area contributed by atoms with E-state index in [4.69, 9.17) is 15.3 Å². The fourth-order valence-corrected chi connectivity index (χ4v) is 0.0500. The summed E-state index contributed by atoms with van der Waals surface area (Å²) in [6.45, 7) is 6.73. The summed E-state index contributed by atoms with van der Waals surface area (Å²) in [5, 5.41) is 24.3. The summed E-state index contributed by atoms with van der Waals surface area (Å²) in [6.07, 6.45) is 0. The molecule has 0 saturated heterocycles. The van der Waals surface area contributed by atoms with Crippen LogP contribution in [-0.2, 0) is 0 Å². The van der Waals surface area contributed by atoms with Crippen molar-refractivity contribution in [3.05, 3.63) is 6.92 Å². The highest BCUT2D eigenvalue weighted by atomic mass is 16.3. The summed E-state index contributed by atoms with van der Waals surface area (Å²) in [5.41, 5.74) is -0.306. The van der Waals surface area contributed by atoms with Crippen LogP contribution in [0.1, 0.15) is 13.8 Å². The monoisotopic (exact) mass is 149 g/mol. The standard InChI is InChI=1S/C5H12O2.C2H5O/c1-5(2,3-6)4-7;1-2-3/h6-7H,3-4H2,1-2H3;3H,1-2H2. The number of aliphatic hydroxyl groups excluding tert-OH is 3. The van der Waals surface area contributed by atoms with E-state index in [9.17, 15) is 0 Å². The number of rotatable bonds is 2. The Morgan fingerprint density at radius 1 is 1.10 bits per heavy atom.